The first-order valence-electron chi connectivity index (χ1n) is 11.8. The predicted molar refractivity (Wildman–Crippen MR) is 145 cm³/mol. The molecule has 0 aliphatic heterocycles. The maximum Gasteiger partial charge on any atom is 0.247 e. The number of likely N-dealkylation sites (N-methyl/N-ethyl adjacent to an activating group) is 2. The molecule has 0 radical (unpaired) electrons. The third-order valence-corrected chi connectivity index (χ3v) is 5.75. The zero-order valence-electron chi connectivity index (χ0n) is 21.9. The van der Waals surface area contributed by atoms with Crippen molar-refractivity contribution < 1.29 is 19.1 Å². The lowest BCUT2D eigenvalue weighted by Crippen LogP contribution is -2.29. The van der Waals surface area contributed by atoms with Crippen LogP contribution < -0.4 is 19.7 Å². The number of hydrogen-bond acceptors (Lipinski definition) is 8. The van der Waals surface area contributed by atoms with Crippen LogP contribution in [0.3, 0.4) is 0 Å². The number of amides is 1. The molecule has 3 rings (SSSR count). The average molecular weight is 504 g/mol. The second kappa shape index (κ2) is 12.6. The van der Waals surface area contributed by atoms with Crippen LogP contribution in [-0.2, 0) is 11.2 Å². The van der Waals surface area contributed by atoms with Crippen LogP contribution in [-0.4, -0.2) is 75.0 Å². The largest absolute Gasteiger partial charge is 0.497 e. The molecular weight excluding hydrogens is 470 g/mol. The van der Waals surface area contributed by atoms with E-state index in [-0.39, 0.29) is 17.4 Å². The third-order valence-electron chi connectivity index (χ3n) is 5.75. The van der Waals surface area contributed by atoms with Crippen LogP contribution in [0.5, 0.6) is 11.5 Å². The molecule has 0 spiro atoms. The zero-order valence-corrected chi connectivity index (χ0v) is 21.9. The van der Waals surface area contributed by atoms with E-state index in [1.54, 1.807) is 50.7 Å². The fourth-order valence-corrected chi connectivity index (χ4v) is 3.71. The molecule has 1 amide bonds. The van der Waals surface area contributed by atoms with Crippen molar-refractivity contribution in [2.45, 2.75) is 6.42 Å². The van der Waals surface area contributed by atoms with E-state index >= 15 is 0 Å². The SMILES string of the molecule is C=CC(=O)Nc1cc(Cc2nccc(C(=O)c3cccc(OC)c3)n2)c(OC)cc1N(C)CCN(C)C. The van der Waals surface area contributed by atoms with E-state index < -0.39 is 0 Å². The molecule has 0 atom stereocenters. The van der Waals surface area contributed by atoms with Crippen LogP contribution >= 0.6 is 0 Å². The summed E-state index contributed by atoms with van der Waals surface area (Å²) in [7, 11) is 9.11. The fraction of sp³-hybridized carbons (Fsp3) is 0.286. The van der Waals surface area contributed by atoms with Gasteiger partial charge in [-0.15, -0.1) is 0 Å². The highest BCUT2D eigenvalue weighted by atomic mass is 16.5. The Morgan fingerprint density at radius 1 is 1.05 bits per heavy atom. The van der Waals surface area contributed by atoms with Crippen molar-refractivity contribution in [2.75, 3.05) is 58.7 Å². The Kier molecular flexibility index (Phi) is 9.34. The molecule has 0 saturated carbocycles. The number of rotatable bonds is 12. The number of carbonyl (C=O) groups is 2. The second-order valence-electron chi connectivity index (χ2n) is 8.70. The number of benzene rings is 2. The number of methoxy groups -OCH3 is 2. The highest BCUT2D eigenvalue weighted by molar-refractivity contribution is 6.07. The van der Waals surface area contributed by atoms with E-state index in [0.29, 0.717) is 35.0 Å². The molecular formula is C28H33N5O4. The number of aromatic nitrogens is 2. The van der Waals surface area contributed by atoms with Gasteiger partial charge < -0.3 is 24.6 Å². The minimum atomic E-state index is -0.319. The summed E-state index contributed by atoms with van der Waals surface area (Å²) >= 11 is 0. The minimum Gasteiger partial charge on any atom is -0.497 e. The summed E-state index contributed by atoms with van der Waals surface area (Å²) < 4.78 is 10.9. The summed E-state index contributed by atoms with van der Waals surface area (Å²) in [4.78, 5) is 38.2. The molecule has 3 aromatic rings. The Bertz CT molecular complexity index is 1280. The number of nitrogens with zero attached hydrogens (tertiary/aromatic N) is 4. The molecule has 0 saturated heterocycles. The lowest BCUT2D eigenvalue weighted by atomic mass is 10.1. The van der Waals surface area contributed by atoms with E-state index in [1.165, 1.54) is 6.08 Å². The first-order chi connectivity index (χ1) is 17.7. The van der Waals surface area contributed by atoms with Crippen LogP contribution in [0, 0.1) is 0 Å². The molecule has 0 bridgehead atoms. The molecule has 0 fully saturated rings. The highest BCUT2D eigenvalue weighted by Gasteiger charge is 2.18. The molecule has 1 heterocycles. The molecule has 0 unspecified atom stereocenters. The van der Waals surface area contributed by atoms with Gasteiger partial charge >= 0.3 is 0 Å². The van der Waals surface area contributed by atoms with E-state index in [4.69, 9.17) is 9.47 Å². The second-order valence-corrected chi connectivity index (χ2v) is 8.70. The van der Waals surface area contributed by atoms with Crippen LogP contribution in [0.15, 0.2) is 61.3 Å². The van der Waals surface area contributed by atoms with Gasteiger partial charge in [0.2, 0.25) is 11.7 Å². The number of anilines is 2. The lowest BCUT2D eigenvalue weighted by Gasteiger charge is -2.25. The molecule has 9 nitrogen and oxygen atoms in total. The lowest BCUT2D eigenvalue weighted by molar-refractivity contribution is -0.111. The first kappa shape index (κ1) is 27.3. The normalized spacial score (nSPS) is 10.6. The van der Waals surface area contributed by atoms with Crippen molar-refractivity contribution in [3.63, 3.8) is 0 Å². The van der Waals surface area contributed by atoms with E-state index in [1.807, 2.05) is 33.3 Å². The van der Waals surface area contributed by atoms with E-state index in [9.17, 15) is 9.59 Å². The maximum atomic E-state index is 13.0. The maximum absolute atomic E-state index is 13.0. The van der Waals surface area contributed by atoms with Gasteiger partial charge in [0, 0.05) is 49.9 Å². The van der Waals surface area contributed by atoms with Gasteiger partial charge in [-0.3, -0.25) is 9.59 Å². The molecule has 194 valence electrons. The minimum absolute atomic E-state index is 0.230. The summed E-state index contributed by atoms with van der Waals surface area (Å²) in [6, 6.07) is 12.2. The van der Waals surface area contributed by atoms with Crippen molar-refractivity contribution >= 4 is 23.1 Å². The summed E-state index contributed by atoms with van der Waals surface area (Å²) in [6.07, 6.45) is 3.08. The number of hydrogen-bond donors (Lipinski definition) is 1. The van der Waals surface area contributed by atoms with E-state index in [0.717, 1.165) is 24.3 Å². The van der Waals surface area contributed by atoms with Crippen molar-refractivity contribution in [3.8, 4) is 11.5 Å². The van der Waals surface area contributed by atoms with Gasteiger partial charge in [-0.25, -0.2) is 9.97 Å². The molecule has 9 heteroatoms. The van der Waals surface area contributed by atoms with Gasteiger partial charge in [0.05, 0.1) is 25.6 Å². The predicted octanol–water partition coefficient (Wildman–Crippen LogP) is 3.44. The number of ketones is 1. The van der Waals surface area contributed by atoms with Crippen LogP contribution in [0.2, 0.25) is 0 Å². The quantitative estimate of drug-likeness (QED) is 0.297. The van der Waals surface area contributed by atoms with Gasteiger partial charge in [-0.2, -0.15) is 0 Å². The van der Waals surface area contributed by atoms with Gasteiger partial charge in [0.25, 0.3) is 0 Å². The highest BCUT2D eigenvalue weighted by Crippen LogP contribution is 2.34. The summed E-state index contributed by atoms with van der Waals surface area (Å²) in [5, 5.41) is 2.89. The number of nitrogens with one attached hydrogen (secondary N) is 1. The number of ether oxygens (including phenoxy) is 2. The Morgan fingerprint density at radius 3 is 2.51 bits per heavy atom. The standard InChI is InChI=1S/C28H33N5O4/c1-7-27(34)31-23-16-20(25(37-6)18-24(23)33(4)14-13-32(2)3)17-26-29-12-11-22(30-26)28(35)19-9-8-10-21(15-19)36-5/h7-12,15-16,18H,1,13-14,17H2,2-6H3,(H,31,34). The Morgan fingerprint density at radius 2 is 1.84 bits per heavy atom. The van der Waals surface area contributed by atoms with Gasteiger partial charge in [0.1, 0.15) is 23.0 Å². The van der Waals surface area contributed by atoms with Gasteiger partial charge in [0.15, 0.2) is 0 Å². The Balaban J connectivity index is 1.95. The monoisotopic (exact) mass is 503 g/mol. The first-order valence-corrected chi connectivity index (χ1v) is 11.8. The van der Waals surface area contributed by atoms with Crippen molar-refractivity contribution in [1.29, 1.82) is 0 Å². The molecule has 1 aromatic heterocycles. The molecule has 0 aliphatic rings. The summed E-state index contributed by atoms with van der Waals surface area (Å²) in [5.41, 5.74) is 2.93. The Hall–Kier alpha value is -4.24. The summed E-state index contributed by atoms with van der Waals surface area (Å²) in [5.74, 6) is 1.11. The van der Waals surface area contributed by atoms with Gasteiger partial charge in [-0.1, -0.05) is 18.7 Å². The van der Waals surface area contributed by atoms with Crippen LogP contribution in [0.1, 0.15) is 27.4 Å². The molecule has 0 aliphatic carbocycles. The smallest absolute Gasteiger partial charge is 0.247 e. The fourth-order valence-electron chi connectivity index (χ4n) is 3.71. The average Bonchev–Trinajstić information content (AvgIpc) is 2.91. The van der Waals surface area contributed by atoms with Crippen LogP contribution in [0.4, 0.5) is 11.4 Å². The van der Waals surface area contributed by atoms with Gasteiger partial charge in [-0.05, 0) is 44.4 Å². The van der Waals surface area contributed by atoms with Crippen molar-refractivity contribution in [1.82, 2.24) is 14.9 Å². The van der Waals surface area contributed by atoms with Crippen LogP contribution in [0.25, 0.3) is 0 Å². The molecule has 1 N–H and O–H groups in total. The topological polar surface area (TPSA) is 96.9 Å². The zero-order chi connectivity index (χ0) is 26.9. The molecule has 37 heavy (non-hydrogen) atoms. The third kappa shape index (κ3) is 7.14. The van der Waals surface area contributed by atoms with Crippen molar-refractivity contribution in [3.05, 3.63) is 84.0 Å². The number of carbonyl (C=O) groups excluding carboxylic acids is 2. The Labute approximate surface area is 217 Å². The van der Waals surface area contributed by atoms with E-state index in [2.05, 4.69) is 31.7 Å². The summed E-state index contributed by atoms with van der Waals surface area (Å²) in [6.45, 7) is 5.13. The molecule has 2 aromatic carbocycles. The van der Waals surface area contributed by atoms with Crippen molar-refractivity contribution in [2.24, 2.45) is 0 Å².